The third-order valence-electron chi connectivity index (χ3n) is 3.55. The molecule has 0 aliphatic carbocycles. The molecule has 1 fully saturated rings. The number of anilines is 1. The topological polar surface area (TPSA) is 86.7 Å². The average molecular weight is 330 g/mol. The molecule has 0 spiro atoms. The maximum absolute atomic E-state index is 12.3. The van der Waals surface area contributed by atoms with E-state index < -0.39 is 22.5 Å². The minimum atomic E-state index is -1.04. The molecule has 23 heavy (non-hydrogen) atoms. The van der Waals surface area contributed by atoms with Crippen LogP contribution in [0.5, 0.6) is 0 Å². The summed E-state index contributed by atoms with van der Waals surface area (Å²) in [5.41, 5.74) is 0.766. The fourth-order valence-corrected chi connectivity index (χ4v) is 3.36. The number of rotatable bonds is 5. The van der Waals surface area contributed by atoms with Crippen LogP contribution in [0.3, 0.4) is 0 Å². The van der Waals surface area contributed by atoms with Crippen LogP contribution in [-0.4, -0.2) is 39.0 Å². The van der Waals surface area contributed by atoms with E-state index in [1.54, 1.807) is 0 Å². The second kappa shape index (κ2) is 6.29. The number of nitrogens with zero attached hydrogens (tertiary/aromatic N) is 1. The summed E-state index contributed by atoms with van der Waals surface area (Å²) in [5, 5.41) is 12.6. The van der Waals surface area contributed by atoms with E-state index >= 15 is 0 Å². The zero-order chi connectivity index (χ0) is 16.4. The standard InChI is InChI=1S/C16H14N2O4S/c19-13(20)8-9-18-15(21)14(23-16(18)22)17-12-7-3-5-10-4-1-2-6-11(10)12/h1-7,14,17H,8-9H2,(H,19,20). The highest BCUT2D eigenvalue weighted by Crippen LogP contribution is 2.31. The number of benzene rings is 2. The number of fused-ring (bicyclic) bond motifs is 1. The lowest BCUT2D eigenvalue weighted by molar-refractivity contribution is -0.137. The summed E-state index contributed by atoms with van der Waals surface area (Å²) in [4.78, 5) is 35.8. The number of hydrogen-bond acceptors (Lipinski definition) is 5. The first-order valence-corrected chi connectivity index (χ1v) is 7.92. The van der Waals surface area contributed by atoms with E-state index in [9.17, 15) is 14.4 Å². The van der Waals surface area contributed by atoms with Gasteiger partial charge in [-0.2, -0.15) is 0 Å². The molecule has 1 aliphatic heterocycles. The van der Waals surface area contributed by atoms with Crippen LogP contribution >= 0.6 is 11.8 Å². The van der Waals surface area contributed by atoms with Gasteiger partial charge in [-0.05, 0) is 23.2 Å². The molecule has 118 valence electrons. The van der Waals surface area contributed by atoms with Crippen molar-refractivity contribution < 1.29 is 19.5 Å². The van der Waals surface area contributed by atoms with E-state index in [-0.39, 0.29) is 13.0 Å². The van der Waals surface area contributed by atoms with E-state index in [1.165, 1.54) is 0 Å². The van der Waals surface area contributed by atoms with E-state index in [2.05, 4.69) is 5.32 Å². The lowest BCUT2D eigenvalue weighted by Gasteiger charge is -2.15. The monoisotopic (exact) mass is 330 g/mol. The van der Waals surface area contributed by atoms with Gasteiger partial charge >= 0.3 is 5.97 Å². The molecule has 2 aromatic carbocycles. The van der Waals surface area contributed by atoms with Crippen LogP contribution in [0, 0.1) is 0 Å². The van der Waals surface area contributed by atoms with Crippen LogP contribution in [-0.2, 0) is 9.59 Å². The summed E-state index contributed by atoms with van der Waals surface area (Å²) in [5.74, 6) is -1.45. The summed E-state index contributed by atoms with van der Waals surface area (Å²) in [6.45, 7) is -0.103. The third kappa shape index (κ3) is 3.14. The van der Waals surface area contributed by atoms with Gasteiger partial charge in [0.15, 0.2) is 5.37 Å². The Kier molecular flexibility index (Phi) is 4.20. The largest absolute Gasteiger partial charge is 0.481 e. The molecule has 1 saturated heterocycles. The van der Waals surface area contributed by atoms with Crippen molar-refractivity contribution in [2.75, 3.05) is 11.9 Å². The number of carboxylic acid groups (broad SMARTS) is 1. The van der Waals surface area contributed by atoms with Gasteiger partial charge in [-0.1, -0.05) is 36.4 Å². The normalized spacial score (nSPS) is 17.7. The molecule has 0 bridgehead atoms. The smallest absolute Gasteiger partial charge is 0.305 e. The number of aliphatic carboxylic acids is 1. The van der Waals surface area contributed by atoms with Crippen LogP contribution < -0.4 is 5.32 Å². The fraction of sp³-hybridized carbons (Fsp3) is 0.188. The highest BCUT2D eigenvalue weighted by Gasteiger charge is 2.39. The first-order chi connectivity index (χ1) is 11.1. The second-order valence-electron chi connectivity index (χ2n) is 5.07. The molecule has 0 radical (unpaired) electrons. The van der Waals surface area contributed by atoms with Crippen LogP contribution in [0.25, 0.3) is 10.8 Å². The molecule has 2 amide bonds. The maximum Gasteiger partial charge on any atom is 0.305 e. The quantitative estimate of drug-likeness (QED) is 0.876. The van der Waals surface area contributed by atoms with Crippen molar-refractivity contribution in [1.29, 1.82) is 0 Å². The SMILES string of the molecule is O=C(O)CCN1C(=O)SC(Nc2cccc3ccccc23)C1=O. The minimum absolute atomic E-state index is 0.103. The van der Waals surface area contributed by atoms with Crippen molar-refractivity contribution in [2.45, 2.75) is 11.8 Å². The highest BCUT2D eigenvalue weighted by atomic mass is 32.2. The van der Waals surface area contributed by atoms with Gasteiger partial charge in [0, 0.05) is 17.6 Å². The van der Waals surface area contributed by atoms with Gasteiger partial charge in [-0.25, -0.2) is 0 Å². The van der Waals surface area contributed by atoms with E-state index in [4.69, 9.17) is 5.11 Å². The fourth-order valence-electron chi connectivity index (χ4n) is 2.44. The summed E-state index contributed by atoms with van der Waals surface area (Å²) in [6, 6.07) is 13.4. The number of thioether (sulfide) groups is 1. The predicted molar refractivity (Wildman–Crippen MR) is 88.3 cm³/mol. The highest BCUT2D eigenvalue weighted by molar-refractivity contribution is 8.15. The Bertz CT molecular complexity index is 787. The number of amides is 2. The lowest BCUT2D eigenvalue weighted by Crippen LogP contribution is -2.35. The number of carbonyl (C=O) groups is 3. The molecule has 6 nitrogen and oxygen atoms in total. The minimum Gasteiger partial charge on any atom is -0.481 e. The van der Waals surface area contributed by atoms with E-state index in [0.29, 0.717) is 0 Å². The number of carboxylic acids is 1. The molecule has 3 rings (SSSR count). The lowest BCUT2D eigenvalue weighted by atomic mass is 10.1. The predicted octanol–water partition coefficient (Wildman–Crippen LogP) is 2.75. The van der Waals surface area contributed by atoms with Crippen molar-refractivity contribution >= 4 is 45.3 Å². The number of hydrogen-bond donors (Lipinski definition) is 2. The first kappa shape index (κ1) is 15.4. The van der Waals surface area contributed by atoms with Crippen molar-refractivity contribution in [2.24, 2.45) is 0 Å². The van der Waals surface area contributed by atoms with E-state index in [1.807, 2.05) is 42.5 Å². The molecule has 1 unspecified atom stereocenters. The Balaban J connectivity index is 1.79. The Labute approximate surface area is 136 Å². The van der Waals surface area contributed by atoms with Gasteiger partial charge in [-0.3, -0.25) is 19.3 Å². The van der Waals surface area contributed by atoms with Gasteiger partial charge in [0.25, 0.3) is 11.1 Å². The van der Waals surface area contributed by atoms with Gasteiger partial charge in [0.1, 0.15) is 0 Å². The Morgan fingerprint density at radius 2 is 1.91 bits per heavy atom. The molecule has 1 atom stereocenters. The molecule has 1 heterocycles. The molecule has 0 saturated carbocycles. The molecule has 2 N–H and O–H groups in total. The number of nitrogens with one attached hydrogen (secondary N) is 1. The van der Waals surface area contributed by atoms with Gasteiger partial charge < -0.3 is 10.4 Å². The Morgan fingerprint density at radius 1 is 1.17 bits per heavy atom. The van der Waals surface area contributed by atoms with Crippen LogP contribution in [0.4, 0.5) is 10.5 Å². The van der Waals surface area contributed by atoms with Crippen molar-refractivity contribution in [3.8, 4) is 0 Å². The molecular formula is C16H14N2O4S. The van der Waals surface area contributed by atoms with Crippen LogP contribution in [0.15, 0.2) is 42.5 Å². The van der Waals surface area contributed by atoms with Gasteiger partial charge in [0.05, 0.1) is 6.42 Å². The van der Waals surface area contributed by atoms with Gasteiger partial charge in [-0.15, -0.1) is 0 Å². The average Bonchev–Trinajstić information content (AvgIpc) is 2.79. The number of carbonyl (C=O) groups excluding carboxylic acids is 2. The van der Waals surface area contributed by atoms with Crippen molar-refractivity contribution in [3.63, 3.8) is 0 Å². The zero-order valence-corrected chi connectivity index (χ0v) is 12.9. The molecule has 1 aliphatic rings. The zero-order valence-electron chi connectivity index (χ0n) is 12.1. The van der Waals surface area contributed by atoms with E-state index in [0.717, 1.165) is 33.1 Å². The summed E-state index contributed by atoms with van der Waals surface area (Å²) in [6.07, 6.45) is -0.251. The summed E-state index contributed by atoms with van der Waals surface area (Å²) in [7, 11) is 0. The Morgan fingerprint density at radius 3 is 2.70 bits per heavy atom. The third-order valence-corrected chi connectivity index (χ3v) is 4.53. The van der Waals surface area contributed by atoms with Gasteiger partial charge in [0.2, 0.25) is 0 Å². The molecule has 0 aromatic heterocycles. The first-order valence-electron chi connectivity index (χ1n) is 7.04. The molecule has 7 heteroatoms. The Hall–Kier alpha value is -2.54. The summed E-state index contributed by atoms with van der Waals surface area (Å²) >= 11 is 0.870. The molecule has 2 aromatic rings. The van der Waals surface area contributed by atoms with Crippen molar-refractivity contribution in [3.05, 3.63) is 42.5 Å². The van der Waals surface area contributed by atoms with Crippen LogP contribution in [0.2, 0.25) is 0 Å². The van der Waals surface area contributed by atoms with Crippen molar-refractivity contribution in [1.82, 2.24) is 4.90 Å². The second-order valence-corrected chi connectivity index (χ2v) is 6.12. The maximum atomic E-state index is 12.3. The molecular weight excluding hydrogens is 316 g/mol. The van der Waals surface area contributed by atoms with Crippen LogP contribution in [0.1, 0.15) is 6.42 Å². The summed E-state index contributed by atoms with van der Waals surface area (Å²) < 4.78 is 0. The number of imide groups is 1.